The van der Waals surface area contributed by atoms with Gasteiger partial charge in [0.1, 0.15) is 4.99 Å². The Kier molecular flexibility index (Phi) is 3.99. The van der Waals surface area contributed by atoms with E-state index in [0.717, 1.165) is 16.8 Å². The number of rotatable bonds is 3. The van der Waals surface area contributed by atoms with Crippen molar-refractivity contribution in [2.24, 2.45) is 5.73 Å². The van der Waals surface area contributed by atoms with Crippen molar-refractivity contribution in [3.63, 3.8) is 0 Å². The topological polar surface area (TPSA) is 38.0 Å². The Balaban J connectivity index is 2.39. The lowest BCUT2D eigenvalue weighted by Crippen LogP contribution is -2.13. The molecule has 0 fully saturated rings. The Hall–Kier alpha value is -2.01. The molecule has 2 nitrogen and oxygen atoms in total. The summed E-state index contributed by atoms with van der Waals surface area (Å²) in [6.45, 7) is 3.86. The number of hydrogen-bond donors (Lipinski definition) is 2. The number of nitrogens with one attached hydrogen (secondary N) is 1. The molecule has 0 spiro atoms. The van der Waals surface area contributed by atoms with E-state index in [1.54, 1.807) is 0 Å². The van der Waals surface area contributed by atoms with Gasteiger partial charge in [-0.3, -0.25) is 0 Å². The third-order valence-corrected chi connectivity index (χ3v) is 3.22. The standard InChI is InChI=1S/C15H14F2N2S/c1-8-3-5-11(9(2)7-8)19-12-6-4-10(15(18)20)13(16)14(12)17/h3-7,19H,1-2H3,(H2,18,20). The van der Waals surface area contributed by atoms with E-state index < -0.39 is 11.6 Å². The van der Waals surface area contributed by atoms with Crippen LogP contribution < -0.4 is 11.1 Å². The predicted octanol–water partition coefficient (Wildman–Crippen LogP) is 3.96. The highest BCUT2D eigenvalue weighted by Gasteiger charge is 2.15. The van der Waals surface area contributed by atoms with Crippen LogP contribution in [0.5, 0.6) is 0 Å². The molecular weight excluding hydrogens is 278 g/mol. The van der Waals surface area contributed by atoms with Crippen molar-refractivity contribution in [2.75, 3.05) is 5.32 Å². The number of hydrogen-bond acceptors (Lipinski definition) is 2. The van der Waals surface area contributed by atoms with Crippen molar-refractivity contribution < 1.29 is 8.78 Å². The minimum atomic E-state index is -1.03. The van der Waals surface area contributed by atoms with E-state index in [2.05, 4.69) is 17.5 Å². The van der Waals surface area contributed by atoms with Crippen LogP contribution in [0.25, 0.3) is 0 Å². The quantitative estimate of drug-likeness (QED) is 0.841. The van der Waals surface area contributed by atoms with Crippen LogP contribution in [-0.4, -0.2) is 4.99 Å². The lowest BCUT2D eigenvalue weighted by molar-refractivity contribution is 0.510. The SMILES string of the molecule is Cc1ccc(Nc2ccc(C(N)=S)c(F)c2F)c(C)c1. The number of aryl methyl sites for hydroxylation is 2. The summed E-state index contributed by atoms with van der Waals surface area (Å²) in [5.41, 5.74) is 8.06. The number of halogens is 2. The van der Waals surface area contributed by atoms with Gasteiger partial charge in [-0.05, 0) is 37.6 Å². The van der Waals surface area contributed by atoms with E-state index in [0.29, 0.717) is 0 Å². The summed E-state index contributed by atoms with van der Waals surface area (Å²) in [6.07, 6.45) is 0. The van der Waals surface area contributed by atoms with Crippen LogP contribution >= 0.6 is 12.2 Å². The number of thiocarbonyl (C=S) groups is 1. The maximum atomic E-state index is 14.0. The van der Waals surface area contributed by atoms with Gasteiger partial charge >= 0.3 is 0 Å². The van der Waals surface area contributed by atoms with E-state index >= 15 is 0 Å². The van der Waals surface area contributed by atoms with Gasteiger partial charge in [0.2, 0.25) is 0 Å². The first-order valence-corrected chi connectivity index (χ1v) is 6.43. The molecule has 0 aliphatic carbocycles. The minimum Gasteiger partial charge on any atom is -0.389 e. The molecule has 3 N–H and O–H groups in total. The second kappa shape index (κ2) is 5.54. The van der Waals surface area contributed by atoms with Crippen LogP contribution in [0.2, 0.25) is 0 Å². The zero-order chi connectivity index (χ0) is 14.9. The molecule has 0 saturated heterocycles. The van der Waals surface area contributed by atoms with Gasteiger partial charge in [0.25, 0.3) is 0 Å². The van der Waals surface area contributed by atoms with Gasteiger partial charge in [-0.15, -0.1) is 0 Å². The molecule has 20 heavy (non-hydrogen) atoms. The smallest absolute Gasteiger partial charge is 0.182 e. The second-order valence-electron chi connectivity index (χ2n) is 4.60. The molecule has 0 aliphatic heterocycles. The molecule has 0 aliphatic rings. The van der Waals surface area contributed by atoms with E-state index in [1.807, 2.05) is 32.0 Å². The zero-order valence-corrected chi connectivity index (χ0v) is 11.9. The number of anilines is 2. The predicted molar refractivity (Wildman–Crippen MR) is 81.4 cm³/mol. The van der Waals surface area contributed by atoms with Crippen molar-refractivity contribution in [3.8, 4) is 0 Å². The van der Waals surface area contributed by atoms with E-state index in [4.69, 9.17) is 5.73 Å². The maximum absolute atomic E-state index is 14.0. The monoisotopic (exact) mass is 292 g/mol. The molecule has 0 heterocycles. The van der Waals surface area contributed by atoms with Gasteiger partial charge in [0.05, 0.1) is 5.69 Å². The Morgan fingerprint density at radius 3 is 2.30 bits per heavy atom. The molecule has 2 rings (SSSR count). The van der Waals surface area contributed by atoms with Gasteiger partial charge in [-0.2, -0.15) is 0 Å². The van der Waals surface area contributed by atoms with Crippen molar-refractivity contribution in [3.05, 3.63) is 58.7 Å². The molecule has 0 aromatic heterocycles. The summed E-state index contributed by atoms with van der Waals surface area (Å²) in [7, 11) is 0. The molecule has 0 amide bonds. The maximum Gasteiger partial charge on any atom is 0.182 e. The third kappa shape index (κ3) is 2.77. The molecule has 2 aromatic rings. The average Bonchev–Trinajstić information content (AvgIpc) is 2.37. The highest BCUT2D eigenvalue weighted by atomic mass is 32.1. The lowest BCUT2D eigenvalue weighted by atomic mass is 10.1. The highest BCUT2D eigenvalue weighted by molar-refractivity contribution is 7.80. The van der Waals surface area contributed by atoms with Crippen molar-refractivity contribution in [2.45, 2.75) is 13.8 Å². The molecule has 0 bridgehead atoms. The first-order valence-electron chi connectivity index (χ1n) is 6.02. The molecule has 0 saturated carbocycles. The summed E-state index contributed by atoms with van der Waals surface area (Å²) < 4.78 is 27.8. The van der Waals surface area contributed by atoms with Crippen LogP contribution in [0.3, 0.4) is 0 Å². The summed E-state index contributed by atoms with van der Waals surface area (Å²) >= 11 is 4.67. The third-order valence-electron chi connectivity index (χ3n) is 3.00. The zero-order valence-electron chi connectivity index (χ0n) is 11.1. The van der Waals surface area contributed by atoms with E-state index in [1.165, 1.54) is 12.1 Å². The first kappa shape index (κ1) is 14.4. The molecule has 2 aromatic carbocycles. The number of nitrogens with two attached hydrogens (primary N) is 1. The summed E-state index contributed by atoms with van der Waals surface area (Å²) in [5, 5.41) is 2.88. The van der Waals surface area contributed by atoms with Gasteiger partial charge in [0, 0.05) is 11.3 Å². The lowest BCUT2D eigenvalue weighted by Gasteiger charge is -2.12. The fourth-order valence-corrected chi connectivity index (χ4v) is 2.09. The van der Waals surface area contributed by atoms with Gasteiger partial charge in [-0.1, -0.05) is 29.9 Å². The van der Waals surface area contributed by atoms with Gasteiger partial charge < -0.3 is 11.1 Å². The Labute approximate surface area is 121 Å². The Morgan fingerprint density at radius 1 is 1.05 bits per heavy atom. The molecular formula is C15H14F2N2S. The van der Waals surface area contributed by atoms with Crippen LogP contribution in [0.1, 0.15) is 16.7 Å². The molecule has 5 heteroatoms. The van der Waals surface area contributed by atoms with Crippen molar-refractivity contribution in [1.82, 2.24) is 0 Å². The van der Waals surface area contributed by atoms with Crippen LogP contribution in [0.15, 0.2) is 30.3 Å². The largest absolute Gasteiger partial charge is 0.389 e. The second-order valence-corrected chi connectivity index (χ2v) is 5.04. The van der Waals surface area contributed by atoms with Crippen molar-refractivity contribution >= 4 is 28.6 Å². The van der Waals surface area contributed by atoms with Crippen LogP contribution in [0.4, 0.5) is 20.2 Å². The fourth-order valence-electron chi connectivity index (χ4n) is 1.94. The van der Waals surface area contributed by atoms with E-state index in [-0.39, 0.29) is 16.2 Å². The fraction of sp³-hybridized carbons (Fsp3) is 0.133. The molecule has 0 atom stereocenters. The minimum absolute atomic E-state index is 0.0504. The average molecular weight is 292 g/mol. The number of benzene rings is 2. The Bertz CT molecular complexity index is 684. The molecule has 0 unspecified atom stereocenters. The normalized spacial score (nSPS) is 10.4. The molecule has 0 radical (unpaired) electrons. The Morgan fingerprint density at radius 2 is 1.70 bits per heavy atom. The molecule has 104 valence electrons. The van der Waals surface area contributed by atoms with Crippen LogP contribution in [0, 0.1) is 25.5 Å². The van der Waals surface area contributed by atoms with Gasteiger partial charge in [0.15, 0.2) is 11.6 Å². The van der Waals surface area contributed by atoms with Gasteiger partial charge in [-0.25, -0.2) is 8.78 Å². The highest BCUT2D eigenvalue weighted by Crippen LogP contribution is 2.26. The first-order chi connectivity index (χ1) is 9.40. The van der Waals surface area contributed by atoms with Crippen molar-refractivity contribution in [1.29, 1.82) is 0 Å². The van der Waals surface area contributed by atoms with Crippen LogP contribution in [-0.2, 0) is 0 Å². The summed E-state index contributed by atoms with van der Waals surface area (Å²) in [6, 6.07) is 8.47. The summed E-state index contributed by atoms with van der Waals surface area (Å²) in [5.74, 6) is -2.03. The summed E-state index contributed by atoms with van der Waals surface area (Å²) in [4.78, 5) is -0.167. The van der Waals surface area contributed by atoms with E-state index in [9.17, 15) is 8.78 Å².